The second-order valence-corrected chi connectivity index (χ2v) is 0. The standard InChI is InChI=1S/Er.3HI.H2O/h;3*1H;1H2/q+3;;;;/p-3. The van der Waals surface area contributed by atoms with Crippen LogP contribution in [0.3, 0.4) is 0 Å². The Morgan fingerprint density at radius 2 is 0.600 bits per heavy atom. The summed E-state index contributed by atoms with van der Waals surface area (Å²) in [5.74, 6) is 0. The minimum atomic E-state index is 0. The SMILES string of the molecule is O.[Er+3].[I-].[I-].[I-]. The molecule has 0 fully saturated rings. The average molecular weight is 566 g/mol. The summed E-state index contributed by atoms with van der Waals surface area (Å²) >= 11 is 0. The minimum absolute atomic E-state index is 0. The van der Waals surface area contributed by atoms with E-state index in [1.807, 2.05) is 0 Å². The van der Waals surface area contributed by atoms with Crippen LogP contribution in [0.25, 0.3) is 0 Å². The molecule has 0 heterocycles. The summed E-state index contributed by atoms with van der Waals surface area (Å²) in [5, 5.41) is 0. The van der Waals surface area contributed by atoms with Gasteiger partial charge >= 0.3 is 37.3 Å². The first-order valence-electron chi connectivity index (χ1n) is 0. The van der Waals surface area contributed by atoms with Gasteiger partial charge in [-0.15, -0.1) is 0 Å². The molecule has 0 atom stereocenters. The van der Waals surface area contributed by atoms with Gasteiger partial charge in [0, 0.05) is 0 Å². The summed E-state index contributed by atoms with van der Waals surface area (Å²) in [5.41, 5.74) is 0. The first-order valence-corrected chi connectivity index (χ1v) is 0. The average Bonchev–Trinajstić information content (AvgIpc) is 0. The van der Waals surface area contributed by atoms with Crippen molar-refractivity contribution < 1.29 is 115 Å². The third-order valence-electron chi connectivity index (χ3n) is 0. The third-order valence-corrected chi connectivity index (χ3v) is 0. The van der Waals surface area contributed by atoms with Crippen LogP contribution in [0.1, 0.15) is 0 Å². The number of rotatable bonds is 0. The van der Waals surface area contributed by atoms with Crippen molar-refractivity contribution in [1.29, 1.82) is 0 Å². The zero-order valence-electron chi connectivity index (χ0n) is 1.92. The Labute approximate surface area is 112 Å². The van der Waals surface area contributed by atoms with Crippen molar-refractivity contribution in [2.45, 2.75) is 0 Å². The van der Waals surface area contributed by atoms with Crippen molar-refractivity contribution in [1.82, 2.24) is 0 Å². The molecule has 41 valence electrons. The van der Waals surface area contributed by atoms with Crippen molar-refractivity contribution >= 4 is 0 Å². The maximum absolute atomic E-state index is 0. The van der Waals surface area contributed by atoms with E-state index in [2.05, 4.69) is 0 Å². The van der Waals surface area contributed by atoms with E-state index >= 15 is 0 Å². The van der Waals surface area contributed by atoms with Crippen LogP contribution >= 0.6 is 0 Å². The van der Waals surface area contributed by atoms with E-state index in [0.29, 0.717) is 0 Å². The Morgan fingerprint density at radius 3 is 0.600 bits per heavy atom. The van der Waals surface area contributed by atoms with Gasteiger partial charge in [0.1, 0.15) is 0 Å². The summed E-state index contributed by atoms with van der Waals surface area (Å²) in [6.07, 6.45) is 0. The maximum Gasteiger partial charge on any atom is 3.00 e. The third kappa shape index (κ3) is 18.7. The molecule has 0 rings (SSSR count). The van der Waals surface area contributed by atoms with Crippen LogP contribution in [-0.4, -0.2) is 5.48 Å². The van der Waals surface area contributed by atoms with Crippen LogP contribution < -0.4 is 71.9 Å². The molecule has 0 aromatic rings. The molecule has 1 nitrogen and oxygen atoms in total. The van der Waals surface area contributed by atoms with Crippen molar-refractivity contribution in [2.75, 3.05) is 0 Å². The van der Waals surface area contributed by atoms with Crippen molar-refractivity contribution in [3.05, 3.63) is 0 Å². The second kappa shape index (κ2) is 26.2. The first-order chi connectivity index (χ1) is 0. The molecule has 2 N–H and O–H groups in total. The van der Waals surface area contributed by atoms with Crippen molar-refractivity contribution in [2.24, 2.45) is 0 Å². The van der Waals surface area contributed by atoms with Crippen LogP contribution in [0.5, 0.6) is 0 Å². The van der Waals surface area contributed by atoms with Gasteiger partial charge in [-0.2, -0.15) is 0 Å². The fraction of sp³-hybridized carbons (Fsp3) is 0. The van der Waals surface area contributed by atoms with Gasteiger partial charge in [-0.3, -0.25) is 0 Å². The Kier molecular flexibility index (Phi) is 209. The van der Waals surface area contributed by atoms with Gasteiger partial charge < -0.3 is 77.4 Å². The van der Waals surface area contributed by atoms with E-state index < -0.39 is 0 Å². The van der Waals surface area contributed by atoms with Crippen LogP contribution in [0.15, 0.2) is 0 Å². The predicted molar refractivity (Wildman–Crippen MR) is 3.61 cm³/mol. The molecular formula is H2ErI3O. The molecule has 0 spiro atoms. The molecule has 0 saturated carbocycles. The zero-order valence-corrected chi connectivity index (χ0v) is 10.2. The molecule has 0 aliphatic heterocycles. The fourth-order valence-electron chi connectivity index (χ4n) is 0. The second-order valence-electron chi connectivity index (χ2n) is 0. The molecule has 0 bridgehead atoms. The summed E-state index contributed by atoms with van der Waals surface area (Å²) in [7, 11) is 0. The molecule has 0 aliphatic carbocycles. The molecule has 5 heavy (non-hydrogen) atoms. The fourth-order valence-corrected chi connectivity index (χ4v) is 0. The van der Waals surface area contributed by atoms with Crippen LogP contribution in [0.2, 0.25) is 0 Å². The van der Waals surface area contributed by atoms with E-state index in [1.54, 1.807) is 0 Å². The molecule has 0 saturated heterocycles. The van der Waals surface area contributed by atoms with Crippen molar-refractivity contribution in [3.8, 4) is 0 Å². The molecule has 1 radical (unpaired) electrons. The number of halogens is 3. The van der Waals surface area contributed by atoms with Gasteiger partial charge in [-0.25, -0.2) is 0 Å². The molecule has 0 unspecified atom stereocenters. The summed E-state index contributed by atoms with van der Waals surface area (Å²) < 4.78 is 0. The smallest absolute Gasteiger partial charge is 1.00 e. The van der Waals surface area contributed by atoms with E-state index in [4.69, 9.17) is 0 Å². The minimum Gasteiger partial charge on any atom is -1.00 e. The maximum atomic E-state index is 0. The Bertz CT molecular complexity index is 6.85. The first kappa shape index (κ1) is 39.8. The Hall–Kier alpha value is 3.40. The van der Waals surface area contributed by atoms with Crippen LogP contribution in [0.4, 0.5) is 0 Å². The topological polar surface area (TPSA) is 31.5 Å². The van der Waals surface area contributed by atoms with Gasteiger partial charge in [0.15, 0.2) is 0 Å². The number of hydrogen-bond donors (Lipinski definition) is 0. The predicted octanol–water partition coefficient (Wildman–Crippen LogP) is -9.81. The van der Waals surface area contributed by atoms with Gasteiger partial charge in [0.2, 0.25) is 0 Å². The largest absolute Gasteiger partial charge is 3.00 e. The Balaban J connectivity index is 0. The molecule has 0 aromatic carbocycles. The normalized spacial score (nSPS) is 0. The quantitative estimate of drug-likeness (QED) is 0.262. The van der Waals surface area contributed by atoms with Gasteiger partial charge in [0.05, 0.1) is 0 Å². The van der Waals surface area contributed by atoms with Gasteiger partial charge in [0.25, 0.3) is 0 Å². The molecule has 0 aliphatic rings. The monoisotopic (exact) mass is 565 g/mol. The molecule has 5 heteroatoms. The van der Waals surface area contributed by atoms with Gasteiger partial charge in [-0.1, -0.05) is 0 Å². The number of hydrogen-bond acceptors (Lipinski definition) is 0. The summed E-state index contributed by atoms with van der Waals surface area (Å²) in [6, 6.07) is 0. The van der Waals surface area contributed by atoms with E-state index in [1.165, 1.54) is 0 Å². The summed E-state index contributed by atoms with van der Waals surface area (Å²) in [4.78, 5) is 0. The zero-order chi connectivity index (χ0) is 0. The van der Waals surface area contributed by atoms with E-state index in [-0.39, 0.29) is 115 Å². The molecule has 0 aromatic heterocycles. The molecule has 0 amide bonds. The van der Waals surface area contributed by atoms with Crippen molar-refractivity contribution in [3.63, 3.8) is 0 Å². The van der Waals surface area contributed by atoms with E-state index in [9.17, 15) is 0 Å². The van der Waals surface area contributed by atoms with Crippen LogP contribution in [-0.2, 0) is 0 Å². The van der Waals surface area contributed by atoms with Gasteiger partial charge in [-0.05, 0) is 0 Å². The van der Waals surface area contributed by atoms with E-state index in [0.717, 1.165) is 0 Å². The van der Waals surface area contributed by atoms with Crippen LogP contribution in [0, 0.1) is 37.3 Å². The Morgan fingerprint density at radius 1 is 0.600 bits per heavy atom. The molecular weight excluding hydrogens is 564 g/mol. The summed E-state index contributed by atoms with van der Waals surface area (Å²) in [6.45, 7) is 0.